The van der Waals surface area contributed by atoms with Gasteiger partial charge in [-0.1, -0.05) is 12.1 Å². The van der Waals surface area contributed by atoms with Crippen LogP contribution in [-0.4, -0.2) is 55.0 Å². The van der Waals surface area contributed by atoms with Crippen LogP contribution in [0.5, 0.6) is 5.75 Å². The van der Waals surface area contributed by atoms with Gasteiger partial charge in [0, 0.05) is 5.56 Å². The second-order valence-electron chi connectivity index (χ2n) is 7.03. The van der Waals surface area contributed by atoms with Crippen molar-refractivity contribution in [3.63, 3.8) is 0 Å². The van der Waals surface area contributed by atoms with Crippen molar-refractivity contribution in [1.29, 1.82) is 0 Å². The number of carbonyl (C=O) groups is 1. The fourth-order valence-electron chi connectivity index (χ4n) is 3.07. The van der Waals surface area contributed by atoms with E-state index < -0.39 is 24.4 Å². The predicted molar refractivity (Wildman–Crippen MR) is 114 cm³/mol. The van der Waals surface area contributed by atoms with Crippen LogP contribution < -0.4 is 10.1 Å². The molecule has 0 saturated heterocycles. The zero-order chi connectivity index (χ0) is 22.7. The van der Waals surface area contributed by atoms with Gasteiger partial charge in [-0.05, 0) is 43.3 Å². The van der Waals surface area contributed by atoms with Crippen LogP contribution in [0.2, 0.25) is 0 Å². The Labute approximate surface area is 182 Å². The van der Waals surface area contributed by atoms with E-state index in [4.69, 9.17) is 9.84 Å². The summed E-state index contributed by atoms with van der Waals surface area (Å²) >= 11 is 0. The Morgan fingerprint density at radius 3 is 2.84 bits per heavy atom. The molecule has 0 bridgehead atoms. The van der Waals surface area contributed by atoms with Crippen LogP contribution >= 0.6 is 0 Å². The van der Waals surface area contributed by atoms with E-state index in [1.54, 1.807) is 37.3 Å². The van der Waals surface area contributed by atoms with Crippen LogP contribution in [0, 0.1) is 12.7 Å². The highest BCUT2D eigenvalue weighted by Crippen LogP contribution is 2.24. The first kappa shape index (κ1) is 21.3. The molecule has 9 nitrogen and oxygen atoms in total. The molecule has 32 heavy (non-hydrogen) atoms. The minimum Gasteiger partial charge on any atom is -0.491 e. The third-order valence-electron chi connectivity index (χ3n) is 4.62. The summed E-state index contributed by atoms with van der Waals surface area (Å²) in [5, 5.41) is 25.6. The molecule has 0 spiro atoms. The number of carbonyl (C=O) groups excluding carboxylic acids is 1. The van der Waals surface area contributed by atoms with Crippen molar-refractivity contribution in [3.05, 3.63) is 71.9 Å². The third kappa shape index (κ3) is 4.56. The molecule has 10 heteroatoms. The Kier molecular flexibility index (Phi) is 6.06. The average Bonchev–Trinajstić information content (AvgIpc) is 3.14. The van der Waals surface area contributed by atoms with Crippen LogP contribution in [0.25, 0.3) is 16.9 Å². The number of ether oxygens (including phenoxy) is 1. The van der Waals surface area contributed by atoms with Gasteiger partial charge in [0.15, 0.2) is 11.3 Å². The lowest BCUT2D eigenvalue weighted by atomic mass is 10.1. The van der Waals surface area contributed by atoms with Crippen LogP contribution in [0.4, 0.5) is 10.2 Å². The number of halogens is 1. The second-order valence-corrected chi connectivity index (χ2v) is 7.03. The van der Waals surface area contributed by atoms with Crippen molar-refractivity contribution in [2.24, 2.45) is 0 Å². The normalized spacial score (nSPS) is 12.0. The van der Waals surface area contributed by atoms with Crippen LogP contribution in [0.15, 0.2) is 54.7 Å². The summed E-state index contributed by atoms with van der Waals surface area (Å²) in [6, 6.07) is 13.1. The number of anilines is 1. The Bertz CT molecular complexity index is 1260. The number of hydrogen-bond acceptors (Lipinski definition) is 7. The first-order valence-electron chi connectivity index (χ1n) is 9.76. The summed E-state index contributed by atoms with van der Waals surface area (Å²) < 4.78 is 20.0. The Hall–Kier alpha value is -3.89. The SMILES string of the molecule is Cc1nc2ccc(-c3cccc(OC[C@H](O)CO)c3)nn2c1C(=O)Nc1ccc(F)cn1. The van der Waals surface area contributed by atoms with Gasteiger partial charge in [-0.15, -0.1) is 0 Å². The molecule has 1 amide bonds. The van der Waals surface area contributed by atoms with Crippen molar-refractivity contribution >= 4 is 17.4 Å². The van der Waals surface area contributed by atoms with Crippen LogP contribution in [0.3, 0.4) is 0 Å². The number of rotatable bonds is 7. The van der Waals surface area contributed by atoms with Crippen molar-refractivity contribution < 1.29 is 24.1 Å². The quantitative estimate of drug-likeness (QED) is 0.405. The first-order valence-corrected chi connectivity index (χ1v) is 9.76. The van der Waals surface area contributed by atoms with Gasteiger partial charge in [0.2, 0.25) is 0 Å². The van der Waals surface area contributed by atoms with Gasteiger partial charge in [0.1, 0.15) is 30.1 Å². The molecule has 0 aliphatic rings. The third-order valence-corrected chi connectivity index (χ3v) is 4.62. The van der Waals surface area contributed by atoms with Gasteiger partial charge in [-0.25, -0.2) is 18.9 Å². The monoisotopic (exact) mass is 437 g/mol. The predicted octanol–water partition coefficient (Wildman–Crippen LogP) is 2.22. The molecular formula is C22H20FN5O4. The molecule has 164 valence electrons. The lowest BCUT2D eigenvalue weighted by Crippen LogP contribution is -2.21. The number of pyridine rings is 1. The molecule has 4 rings (SSSR count). The molecule has 0 unspecified atom stereocenters. The molecule has 0 aliphatic carbocycles. The smallest absolute Gasteiger partial charge is 0.277 e. The molecule has 0 fully saturated rings. The maximum absolute atomic E-state index is 13.1. The highest BCUT2D eigenvalue weighted by molar-refractivity contribution is 6.03. The van der Waals surface area contributed by atoms with Gasteiger partial charge in [0.25, 0.3) is 5.91 Å². The molecule has 1 aromatic carbocycles. The van der Waals surface area contributed by atoms with Crippen molar-refractivity contribution in [1.82, 2.24) is 19.6 Å². The van der Waals surface area contributed by atoms with E-state index in [0.717, 1.165) is 11.8 Å². The lowest BCUT2D eigenvalue weighted by molar-refractivity contribution is 0.0536. The molecule has 3 aromatic heterocycles. The van der Waals surface area contributed by atoms with Gasteiger partial charge in [-0.3, -0.25) is 4.79 Å². The van der Waals surface area contributed by atoms with E-state index in [-0.39, 0.29) is 18.1 Å². The number of imidazole rings is 1. The van der Waals surface area contributed by atoms with Crippen molar-refractivity contribution in [2.75, 3.05) is 18.5 Å². The van der Waals surface area contributed by atoms with E-state index in [2.05, 4.69) is 20.4 Å². The van der Waals surface area contributed by atoms with E-state index in [1.165, 1.54) is 16.6 Å². The van der Waals surface area contributed by atoms with Crippen LogP contribution in [0.1, 0.15) is 16.2 Å². The van der Waals surface area contributed by atoms with Gasteiger partial charge in [-0.2, -0.15) is 5.10 Å². The van der Waals surface area contributed by atoms with Crippen molar-refractivity contribution in [3.8, 4) is 17.0 Å². The molecule has 3 N–H and O–H groups in total. The Balaban J connectivity index is 1.64. The minimum atomic E-state index is -0.973. The molecule has 0 aliphatic heterocycles. The zero-order valence-electron chi connectivity index (χ0n) is 17.1. The van der Waals surface area contributed by atoms with Gasteiger partial charge >= 0.3 is 0 Å². The molecule has 4 aromatic rings. The Morgan fingerprint density at radius 1 is 1.25 bits per heavy atom. The molecule has 0 saturated carbocycles. The number of aliphatic hydroxyl groups is 2. The second kappa shape index (κ2) is 9.08. The number of nitrogens with one attached hydrogen (secondary N) is 1. The van der Waals surface area contributed by atoms with E-state index in [1.807, 2.05) is 6.07 Å². The molecule has 0 radical (unpaired) electrons. The van der Waals surface area contributed by atoms with Crippen molar-refractivity contribution in [2.45, 2.75) is 13.0 Å². The maximum Gasteiger partial charge on any atom is 0.277 e. The highest BCUT2D eigenvalue weighted by Gasteiger charge is 2.19. The number of aliphatic hydroxyl groups excluding tert-OH is 2. The molecule has 3 heterocycles. The van der Waals surface area contributed by atoms with E-state index in [0.29, 0.717) is 22.8 Å². The summed E-state index contributed by atoms with van der Waals surface area (Å²) in [5.74, 6) is -0.276. The average molecular weight is 437 g/mol. The summed E-state index contributed by atoms with van der Waals surface area (Å²) in [6.07, 6.45) is 0.0424. The fourth-order valence-corrected chi connectivity index (χ4v) is 3.07. The fraction of sp³-hybridized carbons (Fsp3) is 0.182. The number of aryl methyl sites for hydroxylation is 1. The summed E-state index contributed by atoms with van der Waals surface area (Å²) in [4.78, 5) is 21.1. The van der Waals surface area contributed by atoms with Crippen LogP contribution in [-0.2, 0) is 0 Å². The number of fused-ring (bicyclic) bond motifs is 1. The summed E-state index contributed by atoms with van der Waals surface area (Å²) in [6.45, 7) is 1.26. The first-order chi connectivity index (χ1) is 15.4. The summed E-state index contributed by atoms with van der Waals surface area (Å²) in [5.41, 5.74) is 2.48. The number of hydrogen-bond donors (Lipinski definition) is 3. The number of aromatic nitrogens is 4. The maximum atomic E-state index is 13.1. The van der Waals surface area contributed by atoms with E-state index in [9.17, 15) is 14.3 Å². The molecule has 1 atom stereocenters. The topological polar surface area (TPSA) is 122 Å². The number of benzene rings is 1. The highest BCUT2D eigenvalue weighted by atomic mass is 19.1. The summed E-state index contributed by atoms with van der Waals surface area (Å²) in [7, 11) is 0. The van der Waals surface area contributed by atoms with E-state index >= 15 is 0 Å². The zero-order valence-corrected chi connectivity index (χ0v) is 17.1. The lowest BCUT2D eigenvalue weighted by Gasteiger charge is -2.11. The number of nitrogens with zero attached hydrogens (tertiary/aromatic N) is 4. The standard InChI is InChI=1S/C22H20FN5O4/c1-13-21(22(31)26-19-7-5-15(23)10-24-19)28-20(25-13)8-6-18(27-28)14-3-2-4-17(9-14)32-12-16(30)11-29/h2-10,16,29-30H,11-12H2,1H3,(H,24,26,31)/t16-/m1/s1. The van der Waals surface area contributed by atoms with Gasteiger partial charge < -0.3 is 20.3 Å². The molecular weight excluding hydrogens is 417 g/mol. The van der Waals surface area contributed by atoms with Gasteiger partial charge in [0.05, 0.1) is 24.2 Å². The largest absolute Gasteiger partial charge is 0.491 e. The number of amides is 1. The minimum absolute atomic E-state index is 0.0468. The Morgan fingerprint density at radius 2 is 2.09 bits per heavy atom.